The summed E-state index contributed by atoms with van der Waals surface area (Å²) in [4.78, 5) is 14.2. The quantitative estimate of drug-likeness (QED) is 0.160. The Bertz CT molecular complexity index is 3920. The van der Waals surface area contributed by atoms with Crippen LogP contribution >= 0.6 is 0 Å². The first-order chi connectivity index (χ1) is 32.8. The third-order valence-electron chi connectivity index (χ3n) is 13.8. The lowest BCUT2D eigenvalue weighted by molar-refractivity contribution is 1.19. The second-order valence-corrected chi connectivity index (χ2v) is 17.3. The molecule has 10 aromatic carbocycles. The van der Waals surface area contributed by atoms with Gasteiger partial charge < -0.3 is 4.90 Å². The summed E-state index contributed by atoms with van der Waals surface area (Å²) >= 11 is 0. The number of anilines is 6. The third kappa shape index (κ3) is 5.39. The van der Waals surface area contributed by atoms with Crippen molar-refractivity contribution in [2.45, 2.75) is 0 Å². The van der Waals surface area contributed by atoms with Crippen LogP contribution in [0.4, 0.5) is 34.3 Å². The van der Waals surface area contributed by atoms with E-state index in [1.165, 1.54) is 93.3 Å². The average molecular weight is 839 g/mol. The number of fused-ring (bicyclic) bond motifs is 8. The molecular formula is C62H38N4. The summed E-state index contributed by atoms with van der Waals surface area (Å²) in [5, 5.41) is 9.72. The van der Waals surface area contributed by atoms with Gasteiger partial charge in [0.05, 0.1) is 34.6 Å². The van der Waals surface area contributed by atoms with Gasteiger partial charge >= 0.3 is 0 Å². The first kappa shape index (κ1) is 36.6. The van der Waals surface area contributed by atoms with Crippen LogP contribution in [0, 0.1) is 0 Å². The molecule has 0 fully saturated rings. The fraction of sp³-hybridized carbons (Fsp3) is 0. The maximum Gasteiger partial charge on any atom is 0.137 e. The zero-order valence-corrected chi connectivity index (χ0v) is 35.7. The maximum atomic E-state index is 4.96. The molecule has 4 nitrogen and oxygen atoms in total. The van der Waals surface area contributed by atoms with Gasteiger partial charge in [0.1, 0.15) is 5.82 Å². The van der Waals surface area contributed by atoms with E-state index in [2.05, 4.69) is 215 Å². The van der Waals surface area contributed by atoms with Gasteiger partial charge in [-0.05, 0) is 138 Å². The predicted octanol–water partition coefficient (Wildman–Crippen LogP) is 17.0. The van der Waals surface area contributed by atoms with E-state index in [0.29, 0.717) is 0 Å². The number of pyridine rings is 2. The minimum atomic E-state index is 0.876. The zero-order chi connectivity index (χ0) is 43.3. The number of hydrogen-bond acceptors (Lipinski definition) is 4. The third-order valence-corrected chi connectivity index (χ3v) is 13.8. The molecule has 0 aliphatic heterocycles. The van der Waals surface area contributed by atoms with Crippen molar-refractivity contribution in [2.75, 3.05) is 9.80 Å². The minimum Gasteiger partial charge on any atom is -0.308 e. The molecule has 0 N–H and O–H groups in total. The summed E-state index contributed by atoms with van der Waals surface area (Å²) in [7, 11) is 0. The molecule has 0 unspecified atom stereocenters. The van der Waals surface area contributed by atoms with Crippen molar-refractivity contribution in [3.63, 3.8) is 0 Å². The molecule has 306 valence electrons. The Hall–Kier alpha value is -8.86. The SMILES string of the molecule is c1ccc(N(c2cccc3cc(-c4ccc5c(c4)-c4cccc6c(N(c7cccnc7)c7cccc8ccccc78)ccc-5c46)ccc23)c2ccc3c4c(cccc24)-c2ccccc2-3)nc1. The molecule has 2 aliphatic carbocycles. The lowest BCUT2D eigenvalue weighted by atomic mass is 9.95. The molecule has 0 saturated carbocycles. The molecule has 0 bridgehead atoms. The molecule has 14 rings (SSSR count). The van der Waals surface area contributed by atoms with Gasteiger partial charge in [-0.1, -0.05) is 152 Å². The molecule has 2 aliphatic rings. The van der Waals surface area contributed by atoms with Crippen molar-refractivity contribution in [2.24, 2.45) is 0 Å². The number of rotatable bonds is 7. The Balaban J connectivity index is 0.882. The highest BCUT2D eigenvalue weighted by molar-refractivity contribution is 6.21. The van der Waals surface area contributed by atoms with Crippen LogP contribution in [0.15, 0.2) is 231 Å². The molecule has 0 amide bonds. The molecule has 0 spiro atoms. The van der Waals surface area contributed by atoms with E-state index in [1.54, 1.807) is 0 Å². The van der Waals surface area contributed by atoms with Crippen LogP contribution < -0.4 is 9.80 Å². The van der Waals surface area contributed by atoms with Crippen LogP contribution in [0.3, 0.4) is 0 Å². The van der Waals surface area contributed by atoms with Crippen LogP contribution in [-0.4, -0.2) is 9.97 Å². The molecule has 0 atom stereocenters. The summed E-state index contributed by atoms with van der Waals surface area (Å²) in [5.74, 6) is 0.876. The summed E-state index contributed by atoms with van der Waals surface area (Å²) < 4.78 is 0. The number of benzene rings is 10. The van der Waals surface area contributed by atoms with E-state index in [9.17, 15) is 0 Å². The van der Waals surface area contributed by atoms with Gasteiger partial charge in [-0.3, -0.25) is 9.88 Å². The van der Waals surface area contributed by atoms with Gasteiger partial charge in [0.25, 0.3) is 0 Å². The molecule has 12 aromatic rings. The second-order valence-electron chi connectivity index (χ2n) is 17.3. The Kier molecular flexibility index (Phi) is 7.95. The van der Waals surface area contributed by atoms with E-state index < -0.39 is 0 Å². The van der Waals surface area contributed by atoms with E-state index in [-0.39, 0.29) is 0 Å². The van der Waals surface area contributed by atoms with Crippen LogP contribution in [0.25, 0.3) is 98.7 Å². The Labute approximate surface area is 382 Å². The smallest absolute Gasteiger partial charge is 0.137 e. The summed E-state index contributed by atoms with van der Waals surface area (Å²) in [6.45, 7) is 0. The topological polar surface area (TPSA) is 32.3 Å². The highest BCUT2D eigenvalue weighted by atomic mass is 15.2. The van der Waals surface area contributed by atoms with Crippen molar-refractivity contribution < 1.29 is 0 Å². The summed E-state index contributed by atoms with van der Waals surface area (Å²) in [5.41, 5.74) is 18.0. The normalized spacial score (nSPS) is 11.9. The van der Waals surface area contributed by atoms with Crippen LogP contribution in [0.5, 0.6) is 0 Å². The van der Waals surface area contributed by atoms with Gasteiger partial charge in [0, 0.05) is 33.9 Å². The van der Waals surface area contributed by atoms with Crippen molar-refractivity contribution in [1.29, 1.82) is 0 Å². The van der Waals surface area contributed by atoms with Gasteiger partial charge in [0.15, 0.2) is 0 Å². The number of hydrogen-bond donors (Lipinski definition) is 0. The van der Waals surface area contributed by atoms with Crippen molar-refractivity contribution in [3.05, 3.63) is 231 Å². The van der Waals surface area contributed by atoms with Crippen molar-refractivity contribution in [1.82, 2.24) is 9.97 Å². The van der Waals surface area contributed by atoms with Crippen LogP contribution in [0.1, 0.15) is 0 Å². The number of aromatic nitrogens is 2. The molecule has 0 saturated heterocycles. The molecular weight excluding hydrogens is 801 g/mol. The molecule has 2 aromatic heterocycles. The maximum absolute atomic E-state index is 4.96. The predicted molar refractivity (Wildman–Crippen MR) is 276 cm³/mol. The van der Waals surface area contributed by atoms with Gasteiger partial charge in [-0.2, -0.15) is 0 Å². The fourth-order valence-electron chi connectivity index (χ4n) is 11.0. The van der Waals surface area contributed by atoms with Crippen LogP contribution in [0.2, 0.25) is 0 Å². The largest absolute Gasteiger partial charge is 0.308 e. The van der Waals surface area contributed by atoms with E-state index in [1.807, 2.05) is 30.7 Å². The fourth-order valence-corrected chi connectivity index (χ4v) is 11.0. The molecule has 0 radical (unpaired) electrons. The monoisotopic (exact) mass is 838 g/mol. The van der Waals surface area contributed by atoms with E-state index >= 15 is 0 Å². The lowest BCUT2D eigenvalue weighted by Crippen LogP contribution is -2.12. The number of nitrogens with zero attached hydrogens (tertiary/aromatic N) is 4. The average Bonchev–Trinajstić information content (AvgIpc) is 3.89. The van der Waals surface area contributed by atoms with E-state index in [4.69, 9.17) is 4.98 Å². The Morgan fingerprint density at radius 3 is 1.58 bits per heavy atom. The Morgan fingerprint density at radius 1 is 0.303 bits per heavy atom. The first-order valence-corrected chi connectivity index (χ1v) is 22.6. The summed E-state index contributed by atoms with van der Waals surface area (Å²) in [6.07, 6.45) is 5.69. The van der Waals surface area contributed by atoms with Gasteiger partial charge in [0.2, 0.25) is 0 Å². The van der Waals surface area contributed by atoms with E-state index in [0.717, 1.165) is 39.6 Å². The van der Waals surface area contributed by atoms with Gasteiger partial charge in [-0.25, -0.2) is 4.98 Å². The van der Waals surface area contributed by atoms with Gasteiger partial charge in [-0.15, -0.1) is 0 Å². The zero-order valence-electron chi connectivity index (χ0n) is 35.7. The molecule has 2 heterocycles. The lowest BCUT2D eigenvalue weighted by Gasteiger charge is -2.28. The molecule has 4 heteroatoms. The van der Waals surface area contributed by atoms with Crippen LogP contribution in [-0.2, 0) is 0 Å². The minimum absolute atomic E-state index is 0.876. The second kappa shape index (κ2) is 14.3. The Morgan fingerprint density at radius 2 is 0.833 bits per heavy atom. The first-order valence-electron chi connectivity index (χ1n) is 22.6. The van der Waals surface area contributed by atoms with Crippen molar-refractivity contribution in [3.8, 4) is 55.6 Å². The highest BCUT2D eigenvalue weighted by Gasteiger charge is 2.28. The molecule has 66 heavy (non-hydrogen) atoms. The summed E-state index contributed by atoms with van der Waals surface area (Å²) in [6, 6.07) is 77.5. The standard InChI is InChI=1S/C62H38N4/c1-2-16-44-39(12-1)13-7-23-56(44)65(43-15-11-34-63-38-43)58-32-30-52-48-29-27-41(37-55(48)50-20-10-21-53(58)62(50)52)40-26-28-45-42(36-40)14-8-24-57(45)66(60-25-5-6-35-64-60)59-33-31-51-47-18-4-3-17-46(47)49-19-9-22-54(59)61(49)51/h1-38H. The highest BCUT2D eigenvalue weighted by Crippen LogP contribution is 2.54. The van der Waals surface area contributed by atoms with Crippen molar-refractivity contribution >= 4 is 77.3 Å².